The molecule has 142 valence electrons. The lowest BCUT2D eigenvalue weighted by molar-refractivity contribution is 0.103. The standard InChI is InChI=1S/C23H17N3O3/c1-13-21(17-5-3-4-6-19(17)26-13)22-14(11-24)9-15(12-25-22)23(28)18-10-16(29-2)7-8-20(18)27/h3-10,12,26-27H,1-2H3. The molecule has 6 heteroatoms. The van der Waals surface area contributed by atoms with Gasteiger partial charge in [-0.2, -0.15) is 5.26 Å². The number of H-pyrrole nitrogens is 1. The number of phenols is 1. The van der Waals surface area contributed by atoms with Gasteiger partial charge in [0.25, 0.3) is 0 Å². The van der Waals surface area contributed by atoms with Gasteiger partial charge in [0.1, 0.15) is 17.6 Å². The quantitative estimate of drug-likeness (QED) is 0.510. The van der Waals surface area contributed by atoms with E-state index in [0.717, 1.165) is 22.2 Å². The zero-order valence-corrected chi connectivity index (χ0v) is 15.9. The molecule has 0 aliphatic heterocycles. The Morgan fingerprint density at radius 3 is 2.76 bits per heavy atom. The van der Waals surface area contributed by atoms with Crippen LogP contribution in [0.3, 0.4) is 0 Å². The highest BCUT2D eigenvalue weighted by atomic mass is 16.5. The fourth-order valence-electron chi connectivity index (χ4n) is 3.43. The monoisotopic (exact) mass is 383 g/mol. The molecule has 4 aromatic rings. The topological polar surface area (TPSA) is 99.0 Å². The summed E-state index contributed by atoms with van der Waals surface area (Å²) in [4.78, 5) is 20.7. The predicted octanol–water partition coefficient (Wildman–Crippen LogP) is 4.36. The van der Waals surface area contributed by atoms with Crippen molar-refractivity contribution in [1.82, 2.24) is 9.97 Å². The Balaban J connectivity index is 1.83. The number of pyridine rings is 1. The molecule has 4 rings (SSSR count). The summed E-state index contributed by atoms with van der Waals surface area (Å²) >= 11 is 0. The van der Waals surface area contributed by atoms with Gasteiger partial charge in [-0.15, -0.1) is 0 Å². The number of carbonyl (C=O) groups is 1. The van der Waals surface area contributed by atoms with Crippen LogP contribution in [0, 0.1) is 18.3 Å². The van der Waals surface area contributed by atoms with Crippen LogP contribution in [0.2, 0.25) is 0 Å². The molecule has 2 heterocycles. The van der Waals surface area contributed by atoms with Crippen molar-refractivity contribution in [3.05, 3.63) is 77.1 Å². The summed E-state index contributed by atoms with van der Waals surface area (Å²) in [7, 11) is 1.48. The van der Waals surface area contributed by atoms with Gasteiger partial charge in [-0.05, 0) is 37.3 Å². The lowest BCUT2D eigenvalue weighted by Crippen LogP contribution is -2.05. The van der Waals surface area contributed by atoms with Gasteiger partial charge in [-0.3, -0.25) is 9.78 Å². The molecule has 0 saturated heterocycles. The number of rotatable bonds is 4. The van der Waals surface area contributed by atoms with Crippen LogP contribution < -0.4 is 4.74 Å². The Morgan fingerprint density at radius 1 is 1.21 bits per heavy atom. The van der Waals surface area contributed by atoms with E-state index in [9.17, 15) is 15.2 Å². The summed E-state index contributed by atoms with van der Waals surface area (Å²) in [6.07, 6.45) is 1.43. The number of nitrogens with one attached hydrogen (secondary N) is 1. The normalized spacial score (nSPS) is 10.7. The zero-order valence-electron chi connectivity index (χ0n) is 15.9. The minimum atomic E-state index is -0.437. The first-order valence-corrected chi connectivity index (χ1v) is 8.93. The summed E-state index contributed by atoms with van der Waals surface area (Å²) in [6.45, 7) is 1.92. The Kier molecular flexibility index (Phi) is 4.49. The second-order valence-electron chi connectivity index (χ2n) is 6.61. The van der Waals surface area contributed by atoms with Gasteiger partial charge in [0.15, 0.2) is 5.78 Å². The maximum Gasteiger partial charge on any atom is 0.198 e. The smallest absolute Gasteiger partial charge is 0.198 e. The molecule has 0 aliphatic rings. The van der Waals surface area contributed by atoms with E-state index in [4.69, 9.17) is 4.74 Å². The number of hydrogen-bond donors (Lipinski definition) is 2. The number of ketones is 1. The third-order valence-electron chi connectivity index (χ3n) is 4.85. The van der Waals surface area contributed by atoms with E-state index in [2.05, 4.69) is 16.0 Å². The Labute approximate surface area is 167 Å². The van der Waals surface area contributed by atoms with E-state index in [1.165, 1.54) is 31.5 Å². The largest absolute Gasteiger partial charge is 0.507 e. The van der Waals surface area contributed by atoms with Crippen molar-refractivity contribution in [3.8, 4) is 28.8 Å². The number of hydrogen-bond acceptors (Lipinski definition) is 5. The molecular formula is C23H17N3O3. The molecule has 29 heavy (non-hydrogen) atoms. The Bertz CT molecular complexity index is 1300. The number of aromatic hydroxyl groups is 1. The summed E-state index contributed by atoms with van der Waals surface area (Å²) in [5, 5.41) is 20.8. The number of aryl methyl sites for hydroxylation is 1. The van der Waals surface area contributed by atoms with Crippen molar-refractivity contribution in [2.45, 2.75) is 6.92 Å². The summed E-state index contributed by atoms with van der Waals surface area (Å²) in [6, 6.07) is 15.9. The van der Waals surface area contributed by atoms with E-state index in [1.807, 2.05) is 31.2 Å². The second kappa shape index (κ2) is 7.13. The summed E-state index contributed by atoms with van der Waals surface area (Å²) in [5.74, 6) is -0.149. The van der Waals surface area contributed by atoms with Gasteiger partial charge >= 0.3 is 0 Å². The fraction of sp³-hybridized carbons (Fsp3) is 0.0870. The first kappa shape index (κ1) is 18.3. The second-order valence-corrected chi connectivity index (χ2v) is 6.61. The molecule has 0 unspecified atom stereocenters. The van der Waals surface area contributed by atoms with Gasteiger partial charge < -0.3 is 14.8 Å². The third kappa shape index (κ3) is 3.09. The number of methoxy groups -OCH3 is 1. The van der Waals surface area contributed by atoms with E-state index >= 15 is 0 Å². The molecule has 2 N–H and O–H groups in total. The van der Waals surface area contributed by atoms with Gasteiger partial charge in [0, 0.05) is 33.9 Å². The number of para-hydroxylation sites is 1. The van der Waals surface area contributed by atoms with Crippen molar-refractivity contribution in [2.24, 2.45) is 0 Å². The van der Waals surface area contributed by atoms with E-state index < -0.39 is 5.78 Å². The molecule has 0 saturated carbocycles. The highest BCUT2D eigenvalue weighted by Crippen LogP contribution is 2.33. The van der Waals surface area contributed by atoms with Crippen LogP contribution >= 0.6 is 0 Å². The zero-order chi connectivity index (χ0) is 20.5. The van der Waals surface area contributed by atoms with Gasteiger partial charge in [-0.1, -0.05) is 18.2 Å². The first-order chi connectivity index (χ1) is 14.0. The molecular weight excluding hydrogens is 366 g/mol. The number of benzene rings is 2. The fourth-order valence-corrected chi connectivity index (χ4v) is 3.43. The van der Waals surface area contributed by atoms with Gasteiger partial charge in [-0.25, -0.2) is 0 Å². The molecule has 0 radical (unpaired) electrons. The summed E-state index contributed by atoms with van der Waals surface area (Å²) in [5.41, 5.74) is 3.77. The summed E-state index contributed by atoms with van der Waals surface area (Å²) < 4.78 is 5.13. The minimum Gasteiger partial charge on any atom is -0.507 e. The average molecular weight is 383 g/mol. The molecule has 0 amide bonds. The van der Waals surface area contributed by atoms with Crippen molar-refractivity contribution in [3.63, 3.8) is 0 Å². The van der Waals surface area contributed by atoms with Crippen LogP contribution in [0.15, 0.2) is 54.7 Å². The first-order valence-electron chi connectivity index (χ1n) is 8.93. The Hall–Kier alpha value is -4.11. The van der Waals surface area contributed by atoms with Crippen molar-refractivity contribution < 1.29 is 14.6 Å². The van der Waals surface area contributed by atoms with Crippen LogP contribution in [0.1, 0.15) is 27.2 Å². The van der Waals surface area contributed by atoms with Crippen LogP contribution in [-0.4, -0.2) is 28.0 Å². The molecule has 0 spiro atoms. The highest BCUT2D eigenvalue weighted by Gasteiger charge is 2.20. The number of fused-ring (bicyclic) bond motifs is 1. The maximum absolute atomic E-state index is 12.9. The average Bonchev–Trinajstić information content (AvgIpc) is 3.08. The molecule has 2 aromatic heterocycles. The molecule has 0 fully saturated rings. The molecule has 2 aromatic carbocycles. The van der Waals surface area contributed by atoms with E-state index in [0.29, 0.717) is 11.4 Å². The van der Waals surface area contributed by atoms with E-state index in [-0.39, 0.29) is 22.4 Å². The molecule has 0 aliphatic carbocycles. The number of phenolic OH excluding ortho intramolecular Hbond substituents is 1. The maximum atomic E-state index is 12.9. The lowest BCUT2D eigenvalue weighted by Gasteiger charge is -2.09. The SMILES string of the molecule is COc1ccc(O)c(C(=O)c2cnc(-c3c(C)[nH]c4ccccc34)c(C#N)c2)c1. The lowest BCUT2D eigenvalue weighted by atomic mass is 9.98. The Morgan fingerprint density at radius 2 is 2.00 bits per heavy atom. The number of nitrogens with zero attached hydrogens (tertiary/aromatic N) is 2. The highest BCUT2D eigenvalue weighted by molar-refractivity contribution is 6.11. The number of carbonyl (C=O) groups excluding carboxylic acids is 1. The number of nitriles is 1. The number of ether oxygens (including phenoxy) is 1. The molecule has 6 nitrogen and oxygen atoms in total. The van der Waals surface area contributed by atoms with Crippen LogP contribution in [0.25, 0.3) is 22.2 Å². The van der Waals surface area contributed by atoms with Crippen molar-refractivity contribution in [2.75, 3.05) is 7.11 Å². The minimum absolute atomic E-state index is 0.0889. The third-order valence-corrected chi connectivity index (χ3v) is 4.85. The van der Waals surface area contributed by atoms with Crippen molar-refractivity contribution in [1.29, 1.82) is 5.26 Å². The van der Waals surface area contributed by atoms with Crippen LogP contribution in [0.4, 0.5) is 0 Å². The number of aromatic amines is 1. The van der Waals surface area contributed by atoms with Gasteiger partial charge in [0.05, 0.1) is 23.9 Å². The van der Waals surface area contributed by atoms with Gasteiger partial charge in [0.2, 0.25) is 0 Å². The van der Waals surface area contributed by atoms with Crippen molar-refractivity contribution >= 4 is 16.7 Å². The van der Waals surface area contributed by atoms with Crippen LogP contribution in [-0.2, 0) is 0 Å². The molecule has 0 bridgehead atoms. The van der Waals surface area contributed by atoms with E-state index in [1.54, 1.807) is 6.07 Å². The predicted molar refractivity (Wildman–Crippen MR) is 109 cm³/mol. The molecule has 0 atom stereocenters. The number of aromatic nitrogens is 2. The van der Waals surface area contributed by atoms with Crippen LogP contribution in [0.5, 0.6) is 11.5 Å².